The van der Waals surface area contributed by atoms with Crippen molar-refractivity contribution in [2.75, 3.05) is 24.5 Å². The summed E-state index contributed by atoms with van der Waals surface area (Å²) in [6, 6.07) is 0. The van der Waals surface area contributed by atoms with Crippen LogP contribution >= 0.6 is 0 Å². The Hall–Kier alpha value is -1.36. The summed E-state index contributed by atoms with van der Waals surface area (Å²) in [4.78, 5) is 15.1. The van der Waals surface area contributed by atoms with Gasteiger partial charge in [-0.3, -0.25) is 4.84 Å². The Labute approximate surface area is 70.3 Å². The van der Waals surface area contributed by atoms with Gasteiger partial charge in [-0.1, -0.05) is 0 Å². The van der Waals surface area contributed by atoms with E-state index in [9.17, 15) is 0 Å². The molecule has 0 amide bonds. The van der Waals surface area contributed by atoms with Crippen LogP contribution in [0.4, 0.5) is 11.6 Å². The molecule has 0 radical (unpaired) electrons. The first-order valence-electron chi connectivity index (χ1n) is 3.68. The molecule has 0 saturated carbocycles. The summed E-state index contributed by atoms with van der Waals surface area (Å²) < 4.78 is 0. The molecular formula is C7H10N4O. The molecule has 0 aliphatic carbocycles. The minimum atomic E-state index is 0.531. The zero-order valence-corrected chi connectivity index (χ0v) is 7.03. The van der Waals surface area contributed by atoms with Crippen molar-refractivity contribution >= 4 is 11.6 Å². The van der Waals surface area contributed by atoms with Crippen molar-refractivity contribution in [3.8, 4) is 0 Å². The molecule has 64 valence electrons. The van der Waals surface area contributed by atoms with Crippen molar-refractivity contribution in [3.05, 3.63) is 11.9 Å². The summed E-state index contributed by atoms with van der Waals surface area (Å²) in [6.07, 6.45) is 1.52. The third-order valence-corrected chi connectivity index (χ3v) is 1.73. The van der Waals surface area contributed by atoms with Crippen molar-refractivity contribution in [1.29, 1.82) is 0 Å². The predicted octanol–water partition coefficient (Wildman–Crippen LogP) is 0.400. The van der Waals surface area contributed by atoms with Crippen molar-refractivity contribution in [1.82, 2.24) is 9.97 Å². The molecule has 0 spiro atoms. The van der Waals surface area contributed by atoms with E-state index in [0.717, 1.165) is 17.2 Å². The third-order valence-electron chi connectivity index (χ3n) is 1.73. The Kier molecular flexibility index (Phi) is 1.58. The normalized spacial score (nSPS) is 13.8. The van der Waals surface area contributed by atoms with E-state index in [-0.39, 0.29) is 0 Å². The molecule has 0 aromatic carbocycles. The monoisotopic (exact) mass is 166 g/mol. The van der Waals surface area contributed by atoms with Crippen molar-refractivity contribution < 1.29 is 4.84 Å². The highest BCUT2D eigenvalue weighted by Crippen LogP contribution is 2.26. The largest absolute Gasteiger partial charge is 0.362 e. The minimum absolute atomic E-state index is 0.531. The van der Waals surface area contributed by atoms with E-state index in [1.165, 1.54) is 6.33 Å². The molecule has 0 atom stereocenters. The summed E-state index contributed by atoms with van der Waals surface area (Å²) in [5.74, 6) is 1.68. The van der Waals surface area contributed by atoms with E-state index in [1.54, 1.807) is 0 Å². The molecule has 0 fully saturated rings. The van der Waals surface area contributed by atoms with Crippen LogP contribution in [0.25, 0.3) is 0 Å². The van der Waals surface area contributed by atoms with Gasteiger partial charge >= 0.3 is 0 Å². The second-order valence-electron chi connectivity index (χ2n) is 2.81. The first-order chi connectivity index (χ1) is 5.79. The van der Waals surface area contributed by atoms with Gasteiger partial charge in [-0.2, -0.15) is 0 Å². The number of rotatable bonds is 1. The Morgan fingerprint density at radius 1 is 1.50 bits per heavy atom. The molecule has 1 aliphatic heterocycles. The van der Waals surface area contributed by atoms with E-state index >= 15 is 0 Å². The van der Waals surface area contributed by atoms with Gasteiger partial charge in [0.15, 0.2) is 5.82 Å². The van der Waals surface area contributed by atoms with Gasteiger partial charge < -0.3 is 4.90 Å². The molecule has 1 aliphatic rings. The number of aromatic nitrogens is 2. The molecule has 0 saturated heterocycles. The lowest BCUT2D eigenvalue weighted by Crippen LogP contribution is -2.13. The minimum Gasteiger partial charge on any atom is -0.362 e. The van der Waals surface area contributed by atoms with Gasteiger partial charge in [-0.25, -0.2) is 15.4 Å². The molecular weight excluding hydrogens is 156 g/mol. The number of fused-ring (bicyclic) bond motifs is 1. The zero-order chi connectivity index (χ0) is 8.55. The fourth-order valence-electron chi connectivity index (χ4n) is 1.19. The molecule has 1 aromatic heterocycles. The van der Waals surface area contributed by atoms with Crippen LogP contribution < -0.4 is 10.4 Å². The zero-order valence-electron chi connectivity index (χ0n) is 7.03. The van der Waals surface area contributed by atoms with E-state index in [0.29, 0.717) is 6.61 Å². The molecule has 5 heteroatoms. The Morgan fingerprint density at radius 2 is 2.33 bits per heavy atom. The molecule has 2 heterocycles. The van der Waals surface area contributed by atoms with Crippen molar-refractivity contribution in [2.24, 2.45) is 0 Å². The standard InChI is InChI=1S/C7H10N4O/c1-11(2)7-5-3-12-10-6(5)8-4-9-7/h4H,3H2,1-2H3,(H,8,9,10). The van der Waals surface area contributed by atoms with Crippen LogP contribution in [0.2, 0.25) is 0 Å². The highest BCUT2D eigenvalue weighted by molar-refractivity contribution is 5.58. The van der Waals surface area contributed by atoms with E-state index in [1.807, 2.05) is 19.0 Å². The van der Waals surface area contributed by atoms with Crippen LogP contribution in [0.5, 0.6) is 0 Å². The first-order valence-corrected chi connectivity index (χ1v) is 3.68. The van der Waals surface area contributed by atoms with Crippen LogP contribution in [-0.4, -0.2) is 24.1 Å². The third kappa shape index (κ3) is 0.984. The van der Waals surface area contributed by atoms with Gasteiger partial charge in [-0.15, -0.1) is 0 Å². The lowest BCUT2D eigenvalue weighted by atomic mass is 10.3. The van der Waals surface area contributed by atoms with Crippen LogP contribution in [0.15, 0.2) is 6.33 Å². The highest BCUT2D eigenvalue weighted by atomic mass is 16.7. The van der Waals surface area contributed by atoms with E-state index in [2.05, 4.69) is 15.4 Å². The lowest BCUT2D eigenvalue weighted by molar-refractivity contribution is 0.202. The Bertz CT molecular complexity index is 299. The van der Waals surface area contributed by atoms with Crippen LogP contribution in [0, 0.1) is 0 Å². The van der Waals surface area contributed by atoms with Gasteiger partial charge in [0.1, 0.15) is 18.8 Å². The molecule has 12 heavy (non-hydrogen) atoms. The SMILES string of the molecule is CN(C)c1ncnc2c1CON2. The fraction of sp³-hybridized carbons (Fsp3) is 0.429. The summed E-state index contributed by atoms with van der Waals surface area (Å²) >= 11 is 0. The Morgan fingerprint density at radius 3 is 3.08 bits per heavy atom. The highest BCUT2D eigenvalue weighted by Gasteiger charge is 2.18. The average molecular weight is 166 g/mol. The quantitative estimate of drug-likeness (QED) is 0.654. The molecule has 5 nitrogen and oxygen atoms in total. The predicted molar refractivity (Wildman–Crippen MR) is 44.8 cm³/mol. The average Bonchev–Trinajstić information content (AvgIpc) is 2.49. The summed E-state index contributed by atoms with van der Waals surface area (Å²) in [5.41, 5.74) is 3.73. The number of hydrogen-bond donors (Lipinski definition) is 1. The van der Waals surface area contributed by atoms with Crippen molar-refractivity contribution in [3.63, 3.8) is 0 Å². The molecule has 0 bridgehead atoms. The fourth-order valence-corrected chi connectivity index (χ4v) is 1.19. The topological polar surface area (TPSA) is 50.3 Å². The number of anilines is 2. The number of nitrogens with zero attached hydrogens (tertiary/aromatic N) is 3. The first kappa shape index (κ1) is 7.30. The van der Waals surface area contributed by atoms with Gasteiger partial charge in [0, 0.05) is 14.1 Å². The van der Waals surface area contributed by atoms with Gasteiger partial charge in [0.05, 0.1) is 5.56 Å². The van der Waals surface area contributed by atoms with Crippen LogP contribution in [-0.2, 0) is 11.4 Å². The summed E-state index contributed by atoms with van der Waals surface area (Å²) in [6.45, 7) is 0.531. The van der Waals surface area contributed by atoms with Gasteiger partial charge in [0.2, 0.25) is 0 Å². The molecule has 1 aromatic rings. The lowest BCUT2D eigenvalue weighted by Gasteiger charge is -2.12. The van der Waals surface area contributed by atoms with Crippen molar-refractivity contribution in [2.45, 2.75) is 6.61 Å². The molecule has 1 N–H and O–H groups in total. The summed E-state index contributed by atoms with van der Waals surface area (Å²) in [7, 11) is 3.89. The Balaban J connectivity index is 2.49. The number of nitrogens with one attached hydrogen (secondary N) is 1. The number of hydrogen-bond acceptors (Lipinski definition) is 5. The maximum atomic E-state index is 5.03. The molecule has 0 unspecified atom stereocenters. The van der Waals surface area contributed by atoms with Crippen LogP contribution in [0.1, 0.15) is 5.56 Å². The van der Waals surface area contributed by atoms with Gasteiger partial charge in [-0.05, 0) is 0 Å². The summed E-state index contributed by atoms with van der Waals surface area (Å²) in [5, 5.41) is 0. The maximum absolute atomic E-state index is 5.03. The van der Waals surface area contributed by atoms with E-state index in [4.69, 9.17) is 4.84 Å². The molecule has 2 rings (SSSR count). The van der Waals surface area contributed by atoms with Crippen LogP contribution in [0.3, 0.4) is 0 Å². The van der Waals surface area contributed by atoms with E-state index < -0.39 is 0 Å². The maximum Gasteiger partial charge on any atom is 0.160 e. The van der Waals surface area contributed by atoms with Gasteiger partial charge in [0.25, 0.3) is 0 Å². The second-order valence-corrected chi connectivity index (χ2v) is 2.81. The second kappa shape index (κ2) is 2.60. The smallest absolute Gasteiger partial charge is 0.160 e.